The van der Waals surface area contributed by atoms with E-state index < -0.39 is 0 Å². The van der Waals surface area contributed by atoms with Crippen LogP contribution in [0.4, 0.5) is 4.39 Å². The van der Waals surface area contributed by atoms with E-state index in [0.29, 0.717) is 11.1 Å². The molecule has 0 radical (unpaired) electrons. The molecule has 0 bridgehead atoms. The molecule has 0 aliphatic carbocycles. The number of hydrazine groups is 1. The molecule has 1 heterocycles. The van der Waals surface area contributed by atoms with Crippen LogP contribution >= 0.6 is 11.6 Å². The number of nitrogens with two attached hydrogens (primary N) is 1. The average molecular weight is 273 g/mol. The summed E-state index contributed by atoms with van der Waals surface area (Å²) in [6.07, 6.45) is 4.31. The van der Waals surface area contributed by atoms with E-state index >= 15 is 0 Å². The van der Waals surface area contributed by atoms with Crippen molar-refractivity contribution in [3.8, 4) is 0 Å². The maximum absolute atomic E-state index is 13.0. The highest BCUT2D eigenvalue weighted by Crippen LogP contribution is 2.28. The quantitative estimate of drug-likeness (QED) is 0.640. The summed E-state index contributed by atoms with van der Waals surface area (Å²) < 4.78 is 18.6. The molecule has 18 heavy (non-hydrogen) atoms. The van der Waals surface area contributed by atoms with Gasteiger partial charge in [-0.15, -0.1) is 0 Å². The molecule has 2 atom stereocenters. The van der Waals surface area contributed by atoms with Gasteiger partial charge in [0.15, 0.2) is 0 Å². The Morgan fingerprint density at radius 2 is 2.39 bits per heavy atom. The van der Waals surface area contributed by atoms with E-state index in [1.54, 1.807) is 6.07 Å². The lowest BCUT2D eigenvalue weighted by Gasteiger charge is -2.19. The van der Waals surface area contributed by atoms with E-state index in [4.69, 9.17) is 22.2 Å². The van der Waals surface area contributed by atoms with Gasteiger partial charge in [-0.25, -0.2) is 4.39 Å². The number of hydrogen-bond acceptors (Lipinski definition) is 3. The predicted octanol–water partition coefficient (Wildman–Crippen LogP) is 2.94. The Morgan fingerprint density at radius 3 is 3.00 bits per heavy atom. The van der Waals surface area contributed by atoms with E-state index in [-0.39, 0.29) is 11.9 Å². The first-order valence-electron chi connectivity index (χ1n) is 6.23. The fraction of sp³-hybridized carbons (Fsp3) is 0.538. The Labute approximate surface area is 111 Å². The summed E-state index contributed by atoms with van der Waals surface area (Å²) in [5, 5.41) is 0.408. The van der Waals surface area contributed by atoms with E-state index in [2.05, 4.69) is 5.43 Å². The SMILES string of the molecule is NNC(CCC1CCCO1)c1ccc(F)cc1Cl. The summed E-state index contributed by atoms with van der Waals surface area (Å²) in [5.74, 6) is 5.22. The van der Waals surface area contributed by atoms with E-state index in [1.165, 1.54) is 12.1 Å². The highest BCUT2D eigenvalue weighted by Gasteiger charge is 2.19. The second-order valence-corrected chi connectivity index (χ2v) is 5.00. The maximum atomic E-state index is 13.0. The number of halogens is 2. The van der Waals surface area contributed by atoms with Crippen LogP contribution in [0, 0.1) is 5.82 Å². The summed E-state index contributed by atoms with van der Waals surface area (Å²) in [4.78, 5) is 0. The third-order valence-electron chi connectivity index (χ3n) is 3.34. The summed E-state index contributed by atoms with van der Waals surface area (Å²) in [6, 6.07) is 4.32. The Kier molecular flexibility index (Phi) is 4.95. The minimum Gasteiger partial charge on any atom is -0.378 e. The zero-order chi connectivity index (χ0) is 13.0. The minimum atomic E-state index is -0.335. The molecule has 5 heteroatoms. The van der Waals surface area contributed by atoms with Gasteiger partial charge in [-0.3, -0.25) is 11.3 Å². The normalized spacial score (nSPS) is 21.2. The highest BCUT2D eigenvalue weighted by atomic mass is 35.5. The fourth-order valence-corrected chi connectivity index (χ4v) is 2.64. The van der Waals surface area contributed by atoms with Gasteiger partial charge in [0.05, 0.1) is 6.10 Å². The summed E-state index contributed by atoms with van der Waals surface area (Å²) in [7, 11) is 0. The van der Waals surface area contributed by atoms with E-state index in [9.17, 15) is 4.39 Å². The Balaban J connectivity index is 1.98. The Morgan fingerprint density at radius 1 is 1.56 bits per heavy atom. The van der Waals surface area contributed by atoms with Gasteiger partial charge in [0, 0.05) is 17.7 Å². The lowest BCUT2D eigenvalue weighted by atomic mass is 9.99. The number of ether oxygens (including phenoxy) is 1. The summed E-state index contributed by atoms with van der Waals surface area (Å²) in [6.45, 7) is 0.850. The van der Waals surface area contributed by atoms with Crippen LogP contribution in [0.5, 0.6) is 0 Å². The number of nitrogens with one attached hydrogen (secondary N) is 1. The second-order valence-electron chi connectivity index (χ2n) is 4.60. The molecule has 1 fully saturated rings. The van der Waals surface area contributed by atoms with Crippen molar-refractivity contribution in [1.82, 2.24) is 5.43 Å². The zero-order valence-electron chi connectivity index (χ0n) is 10.2. The zero-order valence-corrected chi connectivity index (χ0v) is 10.9. The van der Waals surface area contributed by atoms with Gasteiger partial charge >= 0.3 is 0 Å². The van der Waals surface area contributed by atoms with Crippen molar-refractivity contribution in [1.29, 1.82) is 0 Å². The van der Waals surface area contributed by atoms with Crippen molar-refractivity contribution in [2.45, 2.75) is 37.8 Å². The average Bonchev–Trinajstić information content (AvgIpc) is 2.85. The van der Waals surface area contributed by atoms with Crippen molar-refractivity contribution < 1.29 is 9.13 Å². The van der Waals surface area contributed by atoms with E-state index in [1.807, 2.05) is 0 Å². The number of hydrogen-bond donors (Lipinski definition) is 2. The molecule has 1 saturated heterocycles. The summed E-state index contributed by atoms with van der Waals surface area (Å²) in [5.41, 5.74) is 3.57. The summed E-state index contributed by atoms with van der Waals surface area (Å²) >= 11 is 6.03. The van der Waals surface area contributed by atoms with Gasteiger partial charge in [-0.05, 0) is 43.4 Å². The van der Waals surface area contributed by atoms with Crippen LogP contribution in [0.1, 0.15) is 37.3 Å². The lowest BCUT2D eigenvalue weighted by molar-refractivity contribution is 0.0996. The molecule has 1 aliphatic heterocycles. The van der Waals surface area contributed by atoms with Crippen LogP contribution in [0.2, 0.25) is 5.02 Å². The smallest absolute Gasteiger partial charge is 0.124 e. The third kappa shape index (κ3) is 3.42. The number of rotatable bonds is 5. The first-order valence-corrected chi connectivity index (χ1v) is 6.61. The molecule has 3 N–H and O–H groups in total. The molecule has 1 aliphatic rings. The van der Waals surface area contributed by atoms with Crippen molar-refractivity contribution in [3.63, 3.8) is 0 Å². The topological polar surface area (TPSA) is 47.3 Å². The molecule has 0 aromatic heterocycles. The van der Waals surface area contributed by atoms with Crippen LogP contribution in [0.3, 0.4) is 0 Å². The molecule has 1 aromatic rings. The molecule has 100 valence electrons. The molecule has 2 rings (SSSR count). The monoisotopic (exact) mass is 272 g/mol. The van der Waals surface area contributed by atoms with Gasteiger partial charge in [-0.2, -0.15) is 0 Å². The van der Waals surface area contributed by atoms with Crippen molar-refractivity contribution in [2.75, 3.05) is 6.61 Å². The first kappa shape index (κ1) is 13.7. The fourth-order valence-electron chi connectivity index (χ4n) is 2.34. The largest absolute Gasteiger partial charge is 0.378 e. The Hall–Kier alpha value is -0.680. The maximum Gasteiger partial charge on any atom is 0.124 e. The molecular weight excluding hydrogens is 255 g/mol. The minimum absolute atomic E-state index is 0.0673. The van der Waals surface area contributed by atoms with Crippen LogP contribution in [0.25, 0.3) is 0 Å². The number of benzene rings is 1. The van der Waals surface area contributed by atoms with Gasteiger partial charge in [0.2, 0.25) is 0 Å². The molecule has 3 nitrogen and oxygen atoms in total. The van der Waals surface area contributed by atoms with Gasteiger partial charge in [0.1, 0.15) is 5.82 Å². The second kappa shape index (κ2) is 6.48. The molecule has 0 saturated carbocycles. The van der Waals surface area contributed by atoms with Crippen molar-refractivity contribution in [2.24, 2.45) is 5.84 Å². The predicted molar refractivity (Wildman–Crippen MR) is 69.7 cm³/mol. The van der Waals surface area contributed by atoms with Crippen molar-refractivity contribution in [3.05, 3.63) is 34.6 Å². The van der Waals surface area contributed by atoms with Gasteiger partial charge < -0.3 is 4.74 Å². The molecule has 0 spiro atoms. The Bertz CT molecular complexity index is 397. The van der Waals surface area contributed by atoms with E-state index in [0.717, 1.165) is 37.9 Å². The van der Waals surface area contributed by atoms with Crippen LogP contribution in [-0.2, 0) is 4.74 Å². The molecule has 2 unspecified atom stereocenters. The molecule has 1 aromatic carbocycles. The van der Waals surface area contributed by atoms with Gasteiger partial charge in [0.25, 0.3) is 0 Å². The van der Waals surface area contributed by atoms with Crippen LogP contribution < -0.4 is 11.3 Å². The van der Waals surface area contributed by atoms with Gasteiger partial charge in [-0.1, -0.05) is 17.7 Å². The highest BCUT2D eigenvalue weighted by molar-refractivity contribution is 6.31. The lowest BCUT2D eigenvalue weighted by Crippen LogP contribution is -2.29. The first-order chi connectivity index (χ1) is 8.70. The van der Waals surface area contributed by atoms with Crippen LogP contribution in [0.15, 0.2) is 18.2 Å². The standard InChI is InChI=1S/C13H18ClFN2O/c14-12-8-9(15)3-5-11(12)13(17-16)6-4-10-2-1-7-18-10/h3,5,8,10,13,17H,1-2,4,6-7,16H2. The molecule has 0 amide bonds. The molecular formula is C13H18ClFN2O. The van der Waals surface area contributed by atoms with Crippen LogP contribution in [-0.4, -0.2) is 12.7 Å². The van der Waals surface area contributed by atoms with Crippen molar-refractivity contribution >= 4 is 11.6 Å². The third-order valence-corrected chi connectivity index (χ3v) is 3.67.